The molecule has 1 aliphatic rings. The van der Waals surface area contributed by atoms with Gasteiger partial charge in [0.05, 0.1) is 0 Å². The molecule has 0 aliphatic carbocycles. The number of nitrogens with one attached hydrogen (secondary N) is 2. The molecule has 112 valence electrons. The van der Waals surface area contributed by atoms with Crippen molar-refractivity contribution < 1.29 is 4.79 Å². The summed E-state index contributed by atoms with van der Waals surface area (Å²) in [5, 5.41) is 6.06. The maximum absolute atomic E-state index is 11.8. The molecule has 1 aliphatic heterocycles. The fourth-order valence-electron chi connectivity index (χ4n) is 3.37. The minimum absolute atomic E-state index is 0.0100. The Morgan fingerprint density at radius 2 is 2.32 bits per heavy atom. The zero-order valence-corrected chi connectivity index (χ0v) is 12.3. The summed E-state index contributed by atoms with van der Waals surface area (Å²) in [6, 6.07) is 2.05. The van der Waals surface area contributed by atoms with Gasteiger partial charge in [0, 0.05) is 67.0 Å². The van der Waals surface area contributed by atoms with E-state index in [9.17, 15) is 4.79 Å². The van der Waals surface area contributed by atoms with Crippen LogP contribution in [0.2, 0.25) is 0 Å². The third-order valence-electron chi connectivity index (χ3n) is 4.46. The van der Waals surface area contributed by atoms with Gasteiger partial charge in [-0.25, -0.2) is 9.78 Å². The highest BCUT2D eigenvalue weighted by molar-refractivity contribution is 6.06. The zero-order chi connectivity index (χ0) is 15.1. The van der Waals surface area contributed by atoms with Crippen LogP contribution in [0.25, 0.3) is 21.8 Å². The van der Waals surface area contributed by atoms with Crippen LogP contribution in [0.1, 0.15) is 17.9 Å². The average Bonchev–Trinajstić information content (AvgIpc) is 3.22. The molecule has 2 N–H and O–H groups in total. The van der Waals surface area contributed by atoms with E-state index in [1.54, 1.807) is 7.05 Å². The number of pyridine rings is 2. The van der Waals surface area contributed by atoms with Gasteiger partial charge in [0.2, 0.25) is 0 Å². The molecular weight excluding hydrogens is 278 g/mol. The third-order valence-corrected chi connectivity index (χ3v) is 4.46. The molecule has 0 aromatic carbocycles. The van der Waals surface area contributed by atoms with E-state index < -0.39 is 0 Å². The van der Waals surface area contributed by atoms with Crippen LogP contribution < -0.4 is 5.32 Å². The van der Waals surface area contributed by atoms with E-state index in [-0.39, 0.29) is 6.03 Å². The predicted molar refractivity (Wildman–Crippen MR) is 84.8 cm³/mol. The van der Waals surface area contributed by atoms with Gasteiger partial charge in [0.1, 0.15) is 5.65 Å². The van der Waals surface area contributed by atoms with Crippen molar-refractivity contribution in [1.29, 1.82) is 0 Å². The molecule has 2 amide bonds. The van der Waals surface area contributed by atoms with Crippen molar-refractivity contribution >= 4 is 27.8 Å². The second-order valence-corrected chi connectivity index (χ2v) is 5.68. The molecule has 0 saturated carbocycles. The van der Waals surface area contributed by atoms with E-state index in [4.69, 9.17) is 0 Å². The molecule has 1 atom stereocenters. The van der Waals surface area contributed by atoms with E-state index in [2.05, 4.69) is 26.3 Å². The molecule has 6 nitrogen and oxygen atoms in total. The number of aromatic amines is 1. The maximum Gasteiger partial charge on any atom is 0.317 e. The maximum atomic E-state index is 11.8. The van der Waals surface area contributed by atoms with Crippen LogP contribution in [-0.4, -0.2) is 46.0 Å². The monoisotopic (exact) mass is 295 g/mol. The summed E-state index contributed by atoms with van der Waals surface area (Å²) in [7, 11) is 1.67. The summed E-state index contributed by atoms with van der Waals surface area (Å²) < 4.78 is 0. The van der Waals surface area contributed by atoms with Crippen LogP contribution in [0.15, 0.2) is 30.9 Å². The normalized spacial score (nSPS) is 18.2. The summed E-state index contributed by atoms with van der Waals surface area (Å²) in [6.45, 7) is 1.51. The first-order valence-corrected chi connectivity index (χ1v) is 7.44. The number of fused-ring (bicyclic) bond motifs is 3. The van der Waals surface area contributed by atoms with E-state index in [0.29, 0.717) is 5.92 Å². The predicted octanol–water partition coefficient (Wildman–Crippen LogP) is 2.24. The van der Waals surface area contributed by atoms with Gasteiger partial charge in [-0.15, -0.1) is 0 Å². The second kappa shape index (κ2) is 4.98. The number of rotatable bonds is 1. The molecule has 0 spiro atoms. The Bertz CT molecular complexity index is 856. The summed E-state index contributed by atoms with van der Waals surface area (Å²) in [5.74, 6) is 0.314. The van der Waals surface area contributed by atoms with E-state index in [1.807, 2.05) is 29.7 Å². The van der Waals surface area contributed by atoms with Gasteiger partial charge in [0.25, 0.3) is 0 Å². The quantitative estimate of drug-likeness (QED) is 0.723. The lowest BCUT2D eigenvalue weighted by Gasteiger charge is -2.16. The molecular formula is C16H17N5O. The molecule has 1 unspecified atom stereocenters. The molecule has 6 heteroatoms. The Balaban J connectivity index is 1.82. The summed E-state index contributed by atoms with van der Waals surface area (Å²) >= 11 is 0. The average molecular weight is 295 g/mol. The SMILES string of the molecule is CNC(=O)N1CCC(c2cncc3cnc4[nH]ccc4c23)C1. The van der Waals surface area contributed by atoms with Crippen LogP contribution in [-0.2, 0) is 0 Å². The number of hydrogen-bond acceptors (Lipinski definition) is 3. The van der Waals surface area contributed by atoms with Gasteiger partial charge < -0.3 is 15.2 Å². The van der Waals surface area contributed by atoms with Crippen LogP contribution in [0.4, 0.5) is 4.79 Å². The molecule has 1 fully saturated rings. The lowest BCUT2D eigenvalue weighted by molar-refractivity contribution is 0.210. The number of amides is 2. The second-order valence-electron chi connectivity index (χ2n) is 5.68. The fourth-order valence-corrected chi connectivity index (χ4v) is 3.37. The highest BCUT2D eigenvalue weighted by atomic mass is 16.2. The van der Waals surface area contributed by atoms with Crippen LogP contribution >= 0.6 is 0 Å². The topological polar surface area (TPSA) is 73.9 Å². The lowest BCUT2D eigenvalue weighted by atomic mass is 9.94. The van der Waals surface area contributed by atoms with Gasteiger partial charge in [-0.05, 0) is 18.1 Å². The van der Waals surface area contributed by atoms with Gasteiger partial charge in [-0.1, -0.05) is 0 Å². The van der Waals surface area contributed by atoms with Crippen molar-refractivity contribution in [2.75, 3.05) is 20.1 Å². The Hall–Kier alpha value is -2.63. The molecule has 0 radical (unpaired) electrons. The molecule has 4 rings (SSSR count). The summed E-state index contributed by atoms with van der Waals surface area (Å²) in [4.78, 5) is 25.6. The largest absolute Gasteiger partial charge is 0.346 e. The number of carbonyl (C=O) groups excluding carboxylic acids is 1. The Morgan fingerprint density at radius 3 is 3.18 bits per heavy atom. The number of urea groups is 1. The van der Waals surface area contributed by atoms with Crippen molar-refractivity contribution in [2.45, 2.75) is 12.3 Å². The minimum atomic E-state index is -0.0100. The van der Waals surface area contributed by atoms with Crippen molar-refractivity contribution in [3.63, 3.8) is 0 Å². The van der Waals surface area contributed by atoms with Crippen LogP contribution in [0.3, 0.4) is 0 Å². The first kappa shape index (κ1) is 13.1. The number of likely N-dealkylation sites (tertiary alicyclic amines) is 1. The van der Waals surface area contributed by atoms with Crippen molar-refractivity contribution in [3.05, 3.63) is 36.4 Å². The Morgan fingerprint density at radius 1 is 1.41 bits per heavy atom. The molecule has 3 aromatic heterocycles. The Labute approximate surface area is 127 Å². The van der Waals surface area contributed by atoms with Crippen molar-refractivity contribution in [1.82, 2.24) is 25.2 Å². The number of nitrogens with zero attached hydrogens (tertiary/aromatic N) is 3. The lowest BCUT2D eigenvalue weighted by Crippen LogP contribution is -2.36. The molecule has 1 saturated heterocycles. The molecule has 4 heterocycles. The standard InChI is InChI=1S/C16H17N5O/c1-17-16(22)21-5-3-10(9-21)13-8-18-6-11-7-20-15-12(14(11)13)2-4-19-15/h2,4,6-8,10H,3,5,9H2,1H3,(H,17,22)(H,19,20). The van der Waals surface area contributed by atoms with Gasteiger partial charge >= 0.3 is 6.03 Å². The van der Waals surface area contributed by atoms with E-state index >= 15 is 0 Å². The van der Waals surface area contributed by atoms with E-state index in [0.717, 1.165) is 35.9 Å². The third kappa shape index (κ3) is 1.91. The molecule has 3 aromatic rings. The highest BCUT2D eigenvalue weighted by Crippen LogP contribution is 2.34. The fraction of sp³-hybridized carbons (Fsp3) is 0.312. The number of carbonyl (C=O) groups is 1. The number of H-pyrrole nitrogens is 1. The van der Waals surface area contributed by atoms with Gasteiger partial charge in [-0.3, -0.25) is 4.98 Å². The van der Waals surface area contributed by atoms with Gasteiger partial charge in [0.15, 0.2) is 0 Å². The number of hydrogen-bond donors (Lipinski definition) is 2. The van der Waals surface area contributed by atoms with Crippen LogP contribution in [0.5, 0.6) is 0 Å². The number of aromatic nitrogens is 3. The van der Waals surface area contributed by atoms with E-state index in [1.165, 1.54) is 10.9 Å². The summed E-state index contributed by atoms with van der Waals surface area (Å²) in [5.41, 5.74) is 2.09. The van der Waals surface area contributed by atoms with Gasteiger partial charge in [-0.2, -0.15) is 0 Å². The first-order chi connectivity index (χ1) is 10.8. The summed E-state index contributed by atoms with van der Waals surface area (Å²) in [6.07, 6.45) is 8.52. The zero-order valence-electron chi connectivity index (χ0n) is 12.3. The smallest absolute Gasteiger partial charge is 0.317 e. The highest BCUT2D eigenvalue weighted by Gasteiger charge is 2.28. The van der Waals surface area contributed by atoms with Crippen molar-refractivity contribution in [2.24, 2.45) is 0 Å². The Kier molecular flexibility index (Phi) is 2.96. The molecule has 22 heavy (non-hydrogen) atoms. The van der Waals surface area contributed by atoms with Crippen molar-refractivity contribution in [3.8, 4) is 0 Å². The molecule has 0 bridgehead atoms. The van der Waals surface area contributed by atoms with Crippen LogP contribution in [0, 0.1) is 0 Å². The first-order valence-electron chi connectivity index (χ1n) is 7.44. The minimum Gasteiger partial charge on any atom is -0.346 e.